The van der Waals surface area contributed by atoms with Gasteiger partial charge in [0.1, 0.15) is 5.38 Å². The minimum atomic E-state index is -0.420. The van der Waals surface area contributed by atoms with Crippen LogP contribution in [-0.4, -0.2) is 14.8 Å². The van der Waals surface area contributed by atoms with E-state index in [1.54, 1.807) is 4.57 Å². The molecule has 0 saturated heterocycles. The highest BCUT2D eigenvalue weighted by atomic mass is 35.5. The monoisotopic (exact) mass is 273 g/mol. The zero-order chi connectivity index (χ0) is 11.3. The summed E-state index contributed by atoms with van der Waals surface area (Å²) in [6.07, 6.45) is 0. The summed E-state index contributed by atoms with van der Waals surface area (Å²) in [6.45, 7) is 0. The summed E-state index contributed by atoms with van der Waals surface area (Å²) >= 11 is 18.5. The van der Waals surface area contributed by atoms with Crippen LogP contribution in [0.5, 0.6) is 0 Å². The van der Waals surface area contributed by atoms with E-state index in [0.717, 1.165) is 11.3 Å². The molecule has 0 aliphatic carbocycles. The fourth-order valence-electron chi connectivity index (χ4n) is 1.89. The third-order valence-electron chi connectivity index (χ3n) is 2.63. The first-order valence-corrected chi connectivity index (χ1v) is 5.93. The molecule has 0 fully saturated rings. The van der Waals surface area contributed by atoms with Crippen LogP contribution < -0.4 is 0 Å². The van der Waals surface area contributed by atoms with Crippen molar-refractivity contribution in [2.24, 2.45) is 0 Å². The van der Waals surface area contributed by atoms with E-state index in [1.165, 1.54) is 0 Å². The Labute approximate surface area is 107 Å². The Morgan fingerprint density at radius 3 is 2.62 bits per heavy atom. The number of hydrogen-bond donors (Lipinski definition) is 0. The van der Waals surface area contributed by atoms with Gasteiger partial charge in [0, 0.05) is 0 Å². The van der Waals surface area contributed by atoms with Crippen molar-refractivity contribution < 1.29 is 0 Å². The minimum absolute atomic E-state index is 0.302. The number of para-hydroxylation sites is 1. The molecule has 1 aromatic carbocycles. The predicted octanol–water partition coefficient (Wildman–Crippen LogP) is 3.49. The Bertz CT molecular complexity index is 552. The molecular formula is C10H6Cl3N3. The zero-order valence-corrected chi connectivity index (χ0v) is 10.2. The van der Waals surface area contributed by atoms with Crippen molar-refractivity contribution in [2.75, 3.05) is 0 Å². The van der Waals surface area contributed by atoms with Gasteiger partial charge in [0.2, 0.25) is 5.28 Å². The van der Waals surface area contributed by atoms with E-state index in [-0.39, 0.29) is 5.38 Å². The lowest BCUT2D eigenvalue weighted by Crippen LogP contribution is -2.16. The second-order valence-electron chi connectivity index (χ2n) is 3.52. The van der Waals surface area contributed by atoms with Gasteiger partial charge in [0.15, 0.2) is 5.82 Å². The predicted molar refractivity (Wildman–Crippen MR) is 63.6 cm³/mol. The van der Waals surface area contributed by atoms with Gasteiger partial charge in [0.25, 0.3) is 0 Å². The first-order valence-electron chi connectivity index (χ1n) is 4.68. The number of benzene rings is 1. The summed E-state index contributed by atoms with van der Waals surface area (Å²) in [7, 11) is 0. The molecule has 2 aromatic rings. The Kier molecular flexibility index (Phi) is 2.35. The molecule has 0 amide bonds. The molecule has 82 valence electrons. The number of hydrogen-bond acceptors (Lipinski definition) is 2. The number of aromatic nitrogens is 3. The van der Waals surface area contributed by atoms with Gasteiger partial charge in [-0.15, -0.1) is 33.4 Å². The summed E-state index contributed by atoms with van der Waals surface area (Å²) < 4.78 is 1.73. The number of fused-ring (bicyclic) bond motifs is 3. The first kappa shape index (κ1) is 10.4. The molecule has 2 heterocycles. The van der Waals surface area contributed by atoms with E-state index in [0.29, 0.717) is 11.1 Å². The molecule has 0 saturated carbocycles. The Hall–Kier alpha value is -0.770. The van der Waals surface area contributed by atoms with Gasteiger partial charge in [-0.2, -0.15) is 0 Å². The number of rotatable bonds is 0. The van der Waals surface area contributed by atoms with E-state index in [9.17, 15) is 0 Å². The highest BCUT2D eigenvalue weighted by Crippen LogP contribution is 2.46. The number of halogens is 3. The van der Waals surface area contributed by atoms with Crippen LogP contribution in [0.4, 0.5) is 0 Å². The average Bonchev–Trinajstić information content (AvgIpc) is 2.69. The molecule has 0 radical (unpaired) electrons. The van der Waals surface area contributed by atoms with Crippen LogP contribution in [0.1, 0.15) is 22.1 Å². The van der Waals surface area contributed by atoms with Gasteiger partial charge < -0.3 is 0 Å². The highest BCUT2D eigenvalue weighted by Gasteiger charge is 2.34. The molecule has 1 aliphatic heterocycles. The van der Waals surface area contributed by atoms with Gasteiger partial charge in [-0.25, -0.2) is 0 Å². The minimum Gasteiger partial charge on any atom is -0.268 e. The van der Waals surface area contributed by atoms with Gasteiger partial charge in [-0.1, -0.05) is 18.2 Å². The second-order valence-corrected chi connectivity index (χ2v) is 4.80. The molecule has 1 aliphatic rings. The van der Waals surface area contributed by atoms with Gasteiger partial charge in [-0.05, 0) is 23.2 Å². The lowest BCUT2D eigenvalue weighted by atomic mass is 10.0. The number of nitrogens with zero attached hydrogens (tertiary/aromatic N) is 3. The highest BCUT2D eigenvalue weighted by molar-refractivity contribution is 6.31. The maximum absolute atomic E-state index is 6.28. The molecule has 1 aromatic heterocycles. The Morgan fingerprint density at radius 1 is 1.06 bits per heavy atom. The van der Waals surface area contributed by atoms with E-state index in [2.05, 4.69) is 10.2 Å². The van der Waals surface area contributed by atoms with Crippen molar-refractivity contribution in [1.29, 1.82) is 0 Å². The molecule has 0 bridgehead atoms. The van der Waals surface area contributed by atoms with Crippen molar-refractivity contribution in [2.45, 2.75) is 10.8 Å². The molecule has 3 nitrogen and oxygen atoms in total. The zero-order valence-electron chi connectivity index (χ0n) is 7.94. The topological polar surface area (TPSA) is 30.7 Å². The normalized spacial score (nSPS) is 22.7. The third kappa shape index (κ3) is 1.29. The largest absolute Gasteiger partial charge is 0.268 e. The molecule has 0 N–H and O–H groups in total. The van der Waals surface area contributed by atoms with Crippen LogP contribution in [0, 0.1) is 0 Å². The van der Waals surface area contributed by atoms with Crippen LogP contribution in [0.2, 0.25) is 5.28 Å². The summed E-state index contributed by atoms with van der Waals surface area (Å²) in [6, 6.07) is 7.69. The Balaban J connectivity index is 2.35. The van der Waals surface area contributed by atoms with E-state index in [4.69, 9.17) is 34.8 Å². The number of alkyl halides is 2. The summed E-state index contributed by atoms with van der Waals surface area (Å²) in [5.41, 5.74) is 1.84. The molecule has 6 heteroatoms. The van der Waals surface area contributed by atoms with Gasteiger partial charge in [-0.3, -0.25) is 4.57 Å². The maximum atomic E-state index is 6.28. The smallest absolute Gasteiger partial charge is 0.229 e. The fourth-order valence-corrected chi connectivity index (χ4v) is 2.68. The first-order chi connectivity index (χ1) is 7.70. The SMILES string of the molecule is Clc1nnc2n1-c1ccccc1C(Cl)C2Cl. The molecule has 2 atom stereocenters. The fraction of sp³-hybridized carbons (Fsp3) is 0.200. The maximum Gasteiger partial charge on any atom is 0.229 e. The second kappa shape index (κ2) is 3.62. The molecule has 2 unspecified atom stereocenters. The van der Waals surface area contributed by atoms with Crippen molar-refractivity contribution in [3.8, 4) is 5.69 Å². The standard InChI is InChI=1S/C10H6Cl3N3/c11-7-5-3-1-2-4-6(5)16-9(8(7)12)14-15-10(16)13/h1-4,7-8H. The van der Waals surface area contributed by atoms with Crippen molar-refractivity contribution in [3.63, 3.8) is 0 Å². The molecule has 3 rings (SSSR count). The van der Waals surface area contributed by atoms with Crippen LogP contribution in [0.3, 0.4) is 0 Å². The van der Waals surface area contributed by atoms with Crippen LogP contribution in [0.15, 0.2) is 24.3 Å². The van der Waals surface area contributed by atoms with Crippen LogP contribution >= 0.6 is 34.8 Å². The summed E-state index contributed by atoms with van der Waals surface area (Å²) in [5.74, 6) is 0.588. The molecule has 16 heavy (non-hydrogen) atoms. The summed E-state index contributed by atoms with van der Waals surface area (Å²) in [4.78, 5) is 0. The Morgan fingerprint density at radius 2 is 1.81 bits per heavy atom. The average molecular weight is 275 g/mol. The lowest BCUT2D eigenvalue weighted by Gasteiger charge is -2.25. The van der Waals surface area contributed by atoms with E-state index >= 15 is 0 Å². The molecular weight excluding hydrogens is 268 g/mol. The van der Waals surface area contributed by atoms with E-state index in [1.807, 2.05) is 24.3 Å². The van der Waals surface area contributed by atoms with Crippen LogP contribution in [-0.2, 0) is 0 Å². The van der Waals surface area contributed by atoms with Crippen molar-refractivity contribution in [3.05, 3.63) is 40.9 Å². The van der Waals surface area contributed by atoms with Crippen molar-refractivity contribution in [1.82, 2.24) is 14.8 Å². The van der Waals surface area contributed by atoms with Crippen LogP contribution in [0.25, 0.3) is 5.69 Å². The van der Waals surface area contributed by atoms with Crippen molar-refractivity contribution >= 4 is 34.8 Å². The third-order valence-corrected chi connectivity index (χ3v) is 3.93. The van der Waals surface area contributed by atoms with Gasteiger partial charge in [0.05, 0.1) is 11.1 Å². The van der Waals surface area contributed by atoms with E-state index < -0.39 is 5.38 Å². The quantitative estimate of drug-likeness (QED) is 0.689. The van der Waals surface area contributed by atoms with Gasteiger partial charge >= 0.3 is 0 Å². The molecule has 0 spiro atoms. The lowest BCUT2D eigenvalue weighted by molar-refractivity contribution is 0.730. The summed E-state index contributed by atoms with van der Waals surface area (Å²) in [5, 5.41) is 7.34.